The van der Waals surface area contributed by atoms with Crippen molar-refractivity contribution in [3.05, 3.63) is 178 Å². The van der Waals surface area contributed by atoms with Gasteiger partial charge in [-0.2, -0.15) is 0 Å². The third-order valence-corrected chi connectivity index (χ3v) is 15.2. The lowest BCUT2D eigenvalue weighted by Gasteiger charge is -2.26. The summed E-state index contributed by atoms with van der Waals surface area (Å²) in [5.74, 6) is -0.484. The van der Waals surface area contributed by atoms with Crippen LogP contribution in [0, 0.1) is 27.7 Å². The van der Waals surface area contributed by atoms with Crippen molar-refractivity contribution in [3.63, 3.8) is 0 Å². The molecule has 0 fully saturated rings. The van der Waals surface area contributed by atoms with E-state index in [1.165, 1.54) is 66.4 Å². The lowest BCUT2D eigenvalue weighted by atomic mass is 9.83. The maximum atomic E-state index is 14.8. The number of aromatic nitrogens is 6. The van der Waals surface area contributed by atoms with Crippen molar-refractivity contribution in [1.29, 1.82) is 0 Å². The molecule has 8 heteroatoms. The number of cyclic esters (lactones) is 1. The van der Waals surface area contributed by atoms with Crippen molar-refractivity contribution < 1.29 is 9.53 Å². The van der Waals surface area contributed by atoms with Gasteiger partial charge in [0.1, 0.15) is 5.69 Å². The number of para-hydroxylation sites is 4. The molecule has 0 aliphatic carbocycles. The van der Waals surface area contributed by atoms with Crippen LogP contribution in [0.1, 0.15) is 140 Å². The Morgan fingerprint density at radius 3 is 1.09 bits per heavy atom. The number of hydrogen-bond acceptors (Lipinski definition) is 4. The number of benzene rings is 4. The fourth-order valence-electron chi connectivity index (χ4n) is 11.7. The monoisotopic (exact) mass is 929 g/mol. The van der Waals surface area contributed by atoms with Crippen molar-refractivity contribution in [3.8, 4) is 0 Å². The summed E-state index contributed by atoms with van der Waals surface area (Å²) >= 11 is 0. The van der Waals surface area contributed by atoms with Gasteiger partial charge in [-0.25, -0.2) is 9.78 Å². The van der Waals surface area contributed by atoms with Crippen LogP contribution in [0.2, 0.25) is 0 Å². The van der Waals surface area contributed by atoms with E-state index in [0.29, 0.717) is 5.69 Å². The Hall–Kier alpha value is -6.93. The highest BCUT2D eigenvalue weighted by molar-refractivity contribution is 6.09. The highest BCUT2D eigenvalue weighted by Gasteiger charge is 2.47. The van der Waals surface area contributed by atoms with Crippen LogP contribution in [0.25, 0.3) is 54.8 Å². The van der Waals surface area contributed by atoms with Crippen LogP contribution < -0.4 is 0 Å². The van der Waals surface area contributed by atoms with Crippen LogP contribution in [0.15, 0.2) is 122 Å². The summed E-state index contributed by atoms with van der Waals surface area (Å²) in [6.07, 6.45) is 16.4. The number of carbonyl (C=O) groups is 1. The molecule has 0 N–H and O–H groups in total. The zero-order valence-corrected chi connectivity index (χ0v) is 42.5. The summed E-state index contributed by atoms with van der Waals surface area (Å²) in [5.41, 5.74) is 15.3. The van der Waals surface area contributed by atoms with E-state index in [1.807, 2.05) is 0 Å². The molecule has 8 nitrogen and oxygen atoms in total. The molecular weight excluding hydrogens is 861 g/mol. The highest BCUT2D eigenvalue weighted by Crippen LogP contribution is 2.49. The van der Waals surface area contributed by atoms with Crippen LogP contribution in [-0.4, -0.2) is 34.2 Å². The fraction of sp³-hybridized carbons (Fsp3) is 0.339. The minimum Gasteiger partial charge on any atom is -0.439 e. The number of unbranched alkanes of at least 4 members (excludes halogenated alkanes) is 4. The van der Waals surface area contributed by atoms with Crippen molar-refractivity contribution in [1.82, 2.24) is 28.2 Å². The predicted molar refractivity (Wildman–Crippen MR) is 290 cm³/mol. The molecule has 0 atom stereocenters. The van der Waals surface area contributed by atoms with Gasteiger partial charge in [-0.3, -0.25) is 4.98 Å². The lowest BCUT2D eigenvalue weighted by Crippen LogP contribution is -2.24. The topological polar surface area (TPSA) is 71.8 Å². The Kier molecular flexibility index (Phi) is 13.0. The Morgan fingerprint density at radius 2 is 0.771 bits per heavy atom. The molecule has 0 unspecified atom stereocenters. The molecule has 0 amide bonds. The quantitative estimate of drug-likeness (QED) is 0.0804. The number of aryl methyl sites for hydroxylation is 4. The van der Waals surface area contributed by atoms with Gasteiger partial charge in [-0.05, 0) is 101 Å². The third-order valence-electron chi connectivity index (χ3n) is 15.2. The first kappa shape index (κ1) is 46.8. The summed E-state index contributed by atoms with van der Waals surface area (Å²) in [4.78, 5) is 24.7. The van der Waals surface area contributed by atoms with Gasteiger partial charge in [0.2, 0.25) is 0 Å². The SMILES string of the molecule is CCCCn1c(C)c(C(=CC2(C=C(c3c(C)n(CCCC)c4ccccc34)c3c(C)n(CCCC)c4ccccc34)OC(=O)c3nccnc32)c2c(C)n(CCCC)c3ccccc23)c2ccccc21. The number of carbonyl (C=O) groups excluding carboxylic acids is 1. The molecule has 0 radical (unpaired) electrons. The number of nitrogens with zero attached hydrogens (tertiary/aromatic N) is 6. The van der Waals surface area contributed by atoms with Gasteiger partial charge >= 0.3 is 5.97 Å². The molecule has 1 aliphatic rings. The zero-order chi connectivity index (χ0) is 48.7. The third kappa shape index (κ3) is 7.71. The Bertz CT molecular complexity index is 3110. The second-order valence-corrected chi connectivity index (χ2v) is 19.5. The minimum atomic E-state index is -1.50. The average Bonchev–Trinajstić information content (AvgIpc) is 4.10. The maximum absolute atomic E-state index is 14.8. The molecule has 0 bridgehead atoms. The van der Waals surface area contributed by atoms with E-state index in [2.05, 4.69) is 183 Å². The Morgan fingerprint density at radius 1 is 0.471 bits per heavy atom. The molecule has 9 aromatic rings. The average molecular weight is 929 g/mol. The Balaban J connectivity index is 1.40. The predicted octanol–water partition coefficient (Wildman–Crippen LogP) is 15.4. The van der Waals surface area contributed by atoms with Crippen LogP contribution in [-0.2, 0) is 36.5 Å². The van der Waals surface area contributed by atoms with Gasteiger partial charge < -0.3 is 23.0 Å². The minimum absolute atomic E-state index is 0.238. The molecule has 10 rings (SSSR count). The van der Waals surface area contributed by atoms with Crippen LogP contribution in [0.3, 0.4) is 0 Å². The van der Waals surface area contributed by atoms with E-state index >= 15 is 0 Å². The summed E-state index contributed by atoms with van der Waals surface area (Å²) in [6, 6.07) is 35.3. The maximum Gasteiger partial charge on any atom is 0.360 e. The molecule has 0 spiro atoms. The zero-order valence-electron chi connectivity index (χ0n) is 42.5. The van der Waals surface area contributed by atoms with E-state index < -0.39 is 11.6 Å². The Labute approximate surface area is 413 Å². The highest BCUT2D eigenvalue weighted by atomic mass is 16.6. The molecule has 0 saturated carbocycles. The number of esters is 1. The van der Waals surface area contributed by atoms with Crippen molar-refractivity contribution in [2.45, 2.75) is 139 Å². The van der Waals surface area contributed by atoms with Crippen LogP contribution in [0.4, 0.5) is 0 Å². The summed E-state index contributed by atoms with van der Waals surface area (Å²) < 4.78 is 17.1. The molecular formula is C62H68N6O2. The summed E-state index contributed by atoms with van der Waals surface area (Å²) in [7, 11) is 0. The van der Waals surface area contributed by atoms with Crippen molar-refractivity contribution in [2.75, 3.05) is 0 Å². The molecule has 4 aromatic carbocycles. The van der Waals surface area contributed by atoms with Gasteiger partial charge in [0, 0.05) is 127 Å². The lowest BCUT2D eigenvalue weighted by molar-refractivity contribution is 0.0290. The molecule has 1 aliphatic heterocycles. The molecule has 0 saturated heterocycles. The van der Waals surface area contributed by atoms with Crippen molar-refractivity contribution in [2.24, 2.45) is 0 Å². The first-order valence-corrected chi connectivity index (χ1v) is 26.0. The van der Waals surface area contributed by atoms with Gasteiger partial charge in [0.05, 0.1) is 0 Å². The summed E-state index contributed by atoms with van der Waals surface area (Å²) in [6.45, 7) is 21.7. The first-order valence-electron chi connectivity index (χ1n) is 26.0. The van der Waals surface area contributed by atoms with Crippen LogP contribution in [0.5, 0.6) is 0 Å². The van der Waals surface area contributed by atoms with E-state index in [1.54, 1.807) is 12.4 Å². The molecule has 70 heavy (non-hydrogen) atoms. The van der Waals surface area contributed by atoms with E-state index in [-0.39, 0.29) is 5.69 Å². The smallest absolute Gasteiger partial charge is 0.360 e. The van der Waals surface area contributed by atoms with E-state index in [9.17, 15) is 4.79 Å². The van der Waals surface area contributed by atoms with Gasteiger partial charge in [0.25, 0.3) is 0 Å². The number of fused-ring (bicyclic) bond motifs is 5. The molecule has 358 valence electrons. The first-order chi connectivity index (χ1) is 34.2. The molecule has 6 heterocycles. The number of ether oxygens (including phenoxy) is 1. The van der Waals surface area contributed by atoms with Gasteiger partial charge in [-0.1, -0.05) is 126 Å². The van der Waals surface area contributed by atoms with E-state index in [0.717, 1.165) is 111 Å². The van der Waals surface area contributed by atoms with Crippen LogP contribution >= 0.6 is 0 Å². The second-order valence-electron chi connectivity index (χ2n) is 19.5. The number of rotatable bonds is 18. The van der Waals surface area contributed by atoms with E-state index in [4.69, 9.17) is 14.7 Å². The van der Waals surface area contributed by atoms with Gasteiger partial charge in [0.15, 0.2) is 11.3 Å². The number of hydrogen-bond donors (Lipinski definition) is 0. The second kappa shape index (κ2) is 19.5. The fourth-order valence-corrected chi connectivity index (χ4v) is 11.7. The largest absolute Gasteiger partial charge is 0.439 e. The standard InChI is InChI=1S/C62H68N6O2/c1-9-13-35-65-41(5)55(45-25-17-21-29-51(45)65)49(56-42(6)66(36-14-10-2)52-30-22-18-26-46(52)56)39-62(60-59(61(69)70-62)63-33-34-64-60)40-50(57-43(7)67(37-15-11-3)53-31-23-19-27-47(53)57)58-44(8)68(38-16-12-4)54-32-24-20-28-48(54)58/h17-34,39-40H,9-16,35-38H2,1-8H3. The summed E-state index contributed by atoms with van der Waals surface area (Å²) in [5, 5.41) is 4.67. The van der Waals surface area contributed by atoms with Gasteiger partial charge in [-0.15, -0.1) is 0 Å². The molecule has 5 aromatic heterocycles. The van der Waals surface area contributed by atoms with Crippen molar-refractivity contribution >= 4 is 60.7 Å². The normalized spacial score (nSPS) is 13.2.